The van der Waals surface area contributed by atoms with Gasteiger partial charge in [-0.25, -0.2) is 4.39 Å². The summed E-state index contributed by atoms with van der Waals surface area (Å²) in [4.78, 5) is 0. The van der Waals surface area contributed by atoms with Crippen molar-refractivity contribution in [2.45, 2.75) is 56.2 Å². The zero-order chi connectivity index (χ0) is 12.6. The van der Waals surface area contributed by atoms with Gasteiger partial charge >= 0.3 is 0 Å². The van der Waals surface area contributed by atoms with E-state index in [2.05, 4.69) is 5.32 Å². The van der Waals surface area contributed by atoms with Crippen LogP contribution in [0.1, 0.15) is 50.2 Å². The molecule has 1 unspecified atom stereocenters. The molecule has 1 spiro atoms. The zero-order valence-electron chi connectivity index (χ0n) is 10.5. The fourth-order valence-corrected chi connectivity index (χ4v) is 3.58. The largest absolute Gasteiger partial charge is 0.387 e. The van der Waals surface area contributed by atoms with Crippen LogP contribution in [0.4, 0.5) is 4.39 Å². The van der Waals surface area contributed by atoms with Gasteiger partial charge in [-0.05, 0) is 43.4 Å². The van der Waals surface area contributed by atoms with Gasteiger partial charge in [0.25, 0.3) is 0 Å². The normalized spacial score (nSPS) is 27.8. The summed E-state index contributed by atoms with van der Waals surface area (Å²) in [6.07, 6.45) is 6.55. The van der Waals surface area contributed by atoms with Gasteiger partial charge in [0.15, 0.2) is 0 Å². The molecule has 3 rings (SSSR count). The Labute approximate surface area is 107 Å². The highest BCUT2D eigenvalue weighted by Crippen LogP contribution is 2.41. The van der Waals surface area contributed by atoms with Gasteiger partial charge in [-0.1, -0.05) is 25.0 Å². The molecule has 98 valence electrons. The topological polar surface area (TPSA) is 32.3 Å². The first-order valence-electron chi connectivity index (χ1n) is 6.90. The second-order valence-corrected chi connectivity index (χ2v) is 5.78. The third-order valence-corrected chi connectivity index (χ3v) is 4.56. The van der Waals surface area contributed by atoms with Crippen molar-refractivity contribution in [3.05, 3.63) is 35.6 Å². The van der Waals surface area contributed by atoms with Gasteiger partial charge in [-0.2, -0.15) is 0 Å². The van der Waals surface area contributed by atoms with E-state index in [9.17, 15) is 9.50 Å². The number of hydrogen-bond acceptors (Lipinski definition) is 2. The molecule has 1 saturated carbocycles. The van der Waals surface area contributed by atoms with Crippen LogP contribution in [-0.4, -0.2) is 16.7 Å². The van der Waals surface area contributed by atoms with Crippen molar-refractivity contribution in [1.29, 1.82) is 0 Å². The van der Waals surface area contributed by atoms with Gasteiger partial charge in [0.2, 0.25) is 0 Å². The summed E-state index contributed by atoms with van der Waals surface area (Å²) in [5.41, 5.74) is 0.946. The van der Waals surface area contributed by atoms with E-state index >= 15 is 0 Å². The van der Waals surface area contributed by atoms with Crippen LogP contribution < -0.4 is 5.32 Å². The predicted octanol–water partition coefficient (Wildman–Crippen LogP) is 2.92. The summed E-state index contributed by atoms with van der Waals surface area (Å²) in [5, 5.41) is 14.0. The maximum absolute atomic E-state index is 13.2. The molecule has 2 N–H and O–H groups in total. The van der Waals surface area contributed by atoms with Crippen LogP contribution >= 0.6 is 0 Å². The Morgan fingerprint density at radius 1 is 1.28 bits per heavy atom. The van der Waals surface area contributed by atoms with Crippen molar-refractivity contribution >= 4 is 0 Å². The van der Waals surface area contributed by atoms with Crippen molar-refractivity contribution in [1.82, 2.24) is 5.32 Å². The quantitative estimate of drug-likeness (QED) is 0.844. The molecule has 1 aromatic carbocycles. The number of rotatable bonds is 2. The van der Waals surface area contributed by atoms with Crippen LogP contribution in [0.2, 0.25) is 0 Å². The fourth-order valence-electron chi connectivity index (χ4n) is 3.58. The minimum atomic E-state index is -0.597. The van der Waals surface area contributed by atoms with Crippen LogP contribution in [0.25, 0.3) is 0 Å². The van der Waals surface area contributed by atoms with Gasteiger partial charge < -0.3 is 10.4 Å². The Hall–Kier alpha value is -0.930. The first kappa shape index (κ1) is 12.1. The lowest BCUT2D eigenvalue weighted by Crippen LogP contribution is -2.42. The molecular weight excluding hydrogens is 229 g/mol. The molecule has 18 heavy (non-hydrogen) atoms. The first-order valence-corrected chi connectivity index (χ1v) is 6.90. The third kappa shape index (κ3) is 2.17. The monoisotopic (exact) mass is 249 g/mol. The van der Waals surface area contributed by atoms with Crippen molar-refractivity contribution in [3.8, 4) is 0 Å². The number of benzene rings is 1. The summed E-state index contributed by atoms with van der Waals surface area (Å²) in [6, 6.07) is 6.39. The second kappa shape index (κ2) is 4.63. The van der Waals surface area contributed by atoms with E-state index in [0.29, 0.717) is 5.56 Å². The molecule has 0 radical (unpaired) electrons. The molecule has 0 aromatic heterocycles. The Bertz CT molecular complexity index is 428. The Kier molecular flexibility index (Phi) is 3.12. The molecule has 0 bridgehead atoms. The molecule has 1 aliphatic heterocycles. The molecule has 2 aliphatic rings. The van der Waals surface area contributed by atoms with E-state index in [1.54, 1.807) is 12.1 Å². The SMILES string of the molecule is O[C@@H](c1cccc(F)c1)C1CCC2(CCCC2)N1. The maximum atomic E-state index is 13.2. The summed E-state index contributed by atoms with van der Waals surface area (Å²) in [7, 11) is 0. The average molecular weight is 249 g/mol. The standard InChI is InChI=1S/C15H20FNO/c16-12-5-3-4-11(10-12)14(18)13-6-9-15(17-13)7-1-2-8-15/h3-5,10,13-14,17-18H,1-2,6-9H2/t13?,14-/m0/s1. The molecular formula is C15H20FNO. The van der Waals surface area contributed by atoms with E-state index < -0.39 is 6.10 Å². The van der Waals surface area contributed by atoms with Gasteiger partial charge in [0.1, 0.15) is 5.82 Å². The predicted molar refractivity (Wildman–Crippen MR) is 68.7 cm³/mol. The van der Waals surface area contributed by atoms with Gasteiger partial charge in [-0.3, -0.25) is 0 Å². The van der Waals surface area contributed by atoms with E-state index in [4.69, 9.17) is 0 Å². The van der Waals surface area contributed by atoms with E-state index in [1.807, 2.05) is 0 Å². The van der Waals surface area contributed by atoms with Crippen molar-refractivity contribution in [2.75, 3.05) is 0 Å². The Morgan fingerprint density at radius 2 is 2.06 bits per heavy atom. The lowest BCUT2D eigenvalue weighted by atomic mass is 9.96. The molecule has 2 fully saturated rings. The molecule has 3 heteroatoms. The fraction of sp³-hybridized carbons (Fsp3) is 0.600. The van der Waals surface area contributed by atoms with Gasteiger partial charge in [-0.15, -0.1) is 0 Å². The summed E-state index contributed by atoms with van der Waals surface area (Å²) >= 11 is 0. The van der Waals surface area contributed by atoms with Crippen molar-refractivity contribution in [3.63, 3.8) is 0 Å². The molecule has 0 amide bonds. The van der Waals surface area contributed by atoms with E-state index in [0.717, 1.165) is 12.8 Å². The number of aliphatic hydroxyl groups is 1. The van der Waals surface area contributed by atoms with Crippen LogP contribution in [0.15, 0.2) is 24.3 Å². The molecule has 2 atom stereocenters. The Balaban J connectivity index is 1.72. The van der Waals surface area contributed by atoms with E-state index in [-0.39, 0.29) is 17.4 Å². The van der Waals surface area contributed by atoms with Crippen LogP contribution in [0.3, 0.4) is 0 Å². The van der Waals surface area contributed by atoms with Crippen LogP contribution in [-0.2, 0) is 0 Å². The zero-order valence-corrected chi connectivity index (χ0v) is 10.5. The molecule has 1 saturated heterocycles. The number of aliphatic hydroxyl groups excluding tert-OH is 1. The molecule has 1 aliphatic carbocycles. The third-order valence-electron chi connectivity index (χ3n) is 4.56. The lowest BCUT2D eigenvalue weighted by molar-refractivity contribution is 0.129. The smallest absolute Gasteiger partial charge is 0.123 e. The van der Waals surface area contributed by atoms with E-state index in [1.165, 1.54) is 37.8 Å². The average Bonchev–Trinajstić information content (AvgIpc) is 3.00. The highest BCUT2D eigenvalue weighted by molar-refractivity contribution is 5.21. The first-order chi connectivity index (χ1) is 8.69. The highest BCUT2D eigenvalue weighted by Gasteiger charge is 2.42. The van der Waals surface area contributed by atoms with Crippen molar-refractivity contribution in [2.24, 2.45) is 0 Å². The van der Waals surface area contributed by atoms with Crippen LogP contribution in [0, 0.1) is 5.82 Å². The highest BCUT2D eigenvalue weighted by atomic mass is 19.1. The molecule has 1 aromatic rings. The summed E-state index contributed by atoms with van der Waals surface area (Å²) < 4.78 is 13.2. The number of hydrogen-bond donors (Lipinski definition) is 2. The van der Waals surface area contributed by atoms with Crippen molar-refractivity contribution < 1.29 is 9.50 Å². The minimum Gasteiger partial charge on any atom is -0.387 e. The minimum absolute atomic E-state index is 0.0740. The maximum Gasteiger partial charge on any atom is 0.123 e. The van der Waals surface area contributed by atoms with Crippen LogP contribution in [0.5, 0.6) is 0 Å². The Morgan fingerprint density at radius 3 is 2.78 bits per heavy atom. The van der Waals surface area contributed by atoms with Gasteiger partial charge in [0.05, 0.1) is 6.10 Å². The lowest BCUT2D eigenvalue weighted by Gasteiger charge is -2.27. The molecule has 1 heterocycles. The van der Waals surface area contributed by atoms with Gasteiger partial charge in [0, 0.05) is 11.6 Å². The molecule has 2 nitrogen and oxygen atoms in total. The second-order valence-electron chi connectivity index (χ2n) is 5.78. The summed E-state index contributed by atoms with van der Waals surface area (Å²) in [6.45, 7) is 0. The number of nitrogens with one attached hydrogen (secondary N) is 1. The summed E-state index contributed by atoms with van der Waals surface area (Å²) in [5.74, 6) is -0.278. The number of halogens is 1.